The fourth-order valence-electron chi connectivity index (χ4n) is 2.86. The lowest BCUT2D eigenvalue weighted by Gasteiger charge is -2.35. The molecule has 1 aliphatic heterocycles. The molecule has 0 bridgehead atoms. The first kappa shape index (κ1) is 14.7. The third kappa shape index (κ3) is 3.87. The normalized spacial score (nSPS) is 19.7. The van der Waals surface area contributed by atoms with Gasteiger partial charge in [-0.3, -0.25) is 0 Å². The largest absolute Gasteiger partial charge is 0.371 e. The van der Waals surface area contributed by atoms with Gasteiger partial charge in [-0.15, -0.1) is 0 Å². The van der Waals surface area contributed by atoms with Crippen LogP contribution in [0.3, 0.4) is 0 Å². The van der Waals surface area contributed by atoms with Crippen LogP contribution >= 0.6 is 11.6 Å². The topological polar surface area (TPSA) is 15.3 Å². The minimum Gasteiger partial charge on any atom is -0.371 e. The van der Waals surface area contributed by atoms with E-state index < -0.39 is 0 Å². The monoisotopic (exact) mass is 280 g/mol. The lowest BCUT2D eigenvalue weighted by Crippen LogP contribution is -2.36. The Morgan fingerprint density at radius 3 is 2.95 bits per heavy atom. The van der Waals surface area contributed by atoms with Gasteiger partial charge in [0.25, 0.3) is 0 Å². The van der Waals surface area contributed by atoms with Crippen molar-refractivity contribution in [2.75, 3.05) is 24.5 Å². The summed E-state index contributed by atoms with van der Waals surface area (Å²) < 4.78 is 0. The van der Waals surface area contributed by atoms with Crippen molar-refractivity contribution in [3.05, 3.63) is 28.8 Å². The molecule has 1 saturated heterocycles. The quantitative estimate of drug-likeness (QED) is 0.874. The molecule has 0 radical (unpaired) electrons. The van der Waals surface area contributed by atoms with Crippen LogP contribution in [-0.4, -0.2) is 19.6 Å². The van der Waals surface area contributed by atoms with E-state index in [9.17, 15) is 0 Å². The maximum Gasteiger partial charge on any atom is 0.0426 e. The highest BCUT2D eigenvalue weighted by molar-refractivity contribution is 6.30. The molecule has 0 saturated carbocycles. The van der Waals surface area contributed by atoms with Crippen LogP contribution in [0.4, 0.5) is 5.69 Å². The first-order valence-corrected chi connectivity index (χ1v) is 7.86. The van der Waals surface area contributed by atoms with Crippen LogP contribution in [0.25, 0.3) is 0 Å². The molecule has 0 aromatic heterocycles. The first-order valence-electron chi connectivity index (χ1n) is 7.48. The third-order valence-corrected chi connectivity index (χ3v) is 4.28. The van der Waals surface area contributed by atoms with Gasteiger partial charge in [0.15, 0.2) is 0 Å². The number of anilines is 1. The number of halogens is 1. The molecule has 19 heavy (non-hydrogen) atoms. The average molecular weight is 281 g/mol. The standard InChI is InChI=1S/C16H25ClN2/c1-3-13-6-5-9-19(12-13)16-10-15(17)8-7-14(16)11-18-4-2/h7-8,10,13,18H,3-6,9,11-12H2,1-2H3. The van der Waals surface area contributed by atoms with Crippen molar-refractivity contribution in [2.45, 2.75) is 39.7 Å². The molecule has 1 fully saturated rings. The Morgan fingerprint density at radius 1 is 1.37 bits per heavy atom. The van der Waals surface area contributed by atoms with Gasteiger partial charge in [-0.2, -0.15) is 0 Å². The van der Waals surface area contributed by atoms with E-state index in [1.165, 1.54) is 37.1 Å². The van der Waals surface area contributed by atoms with Crippen molar-refractivity contribution < 1.29 is 0 Å². The van der Waals surface area contributed by atoms with Gasteiger partial charge in [0, 0.05) is 30.3 Å². The minimum atomic E-state index is 0.833. The predicted octanol–water partition coefficient (Wildman–Crippen LogP) is 4.08. The minimum absolute atomic E-state index is 0.833. The van der Waals surface area contributed by atoms with Gasteiger partial charge < -0.3 is 10.2 Å². The molecule has 2 rings (SSSR count). The van der Waals surface area contributed by atoms with E-state index in [1.807, 2.05) is 6.07 Å². The Kier molecular flexibility index (Phi) is 5.53. The van der Waals surface area contributed by atoms with Crippen LogP contribution < -0.4 is 10.2 Å². The Morgan fingerprint density at radius 2 is 2.21 bits per heavy atom. The Balaban J connectivity index is 2.18. The van der Waals surface area contributed by atoms with Crippen molar-refractivity contribution in [1.82, 2.24) is 5.32 Å². The molecule has 1 unspecified atom stereocenters. The van der Waals surface area contributed by atoms with Crippen molar-refractivity contribution in [2.24, 2.45) is 5.92 Å². The molecule has 106 valence electrons. The van der Waals surface area contributed by atoms with E-state index in [0.29, 0.717) is 0 Å². The fourth-order valence-corrected chi connectivity index (χ4v) is 3.02. The zero-order valence-electron chi connectivity index (χ0n) is 12.1. The Hall–Kier alpha value is -0.730. The molecule has 1 aromatic carbocycles. The van der Waals surface area contributed by atoms with Gasteiger partial charge in [0.2, 0.25) is 0 Å². The second kappa shape index (κ2) is 7.16. The zero-order valence-corrected chi connectivity index (χ0v) is 12.8. The van der Waals surface area contributed by atoms with Crippen LogP contribution in [0.15, 0.2) is 18.2 Å². The van der Waals surface area contributed by atoms with E-state index in [-0.39, 0.29) is 0 Å². The van der Waals surface area contributed by atoms with Crippen LogP contribution in [0.1, 0.15) is 38.7 Å². The van der Waals surface area contributed by atoms with Crippen molar-refractivity contribution >= 4 is 17.3 Å². The molecule has 1 N–H and O–H groups in total. The molecular formula is C16H25ClN2. The number of hydrogen-bond donors (Lipinski definition) is 1. The predicted molar refractivity (Wildman–Crippen MR) is 84.1 cm³/mol. The number of nitrogens with one attached hydrogen (secondary N) is 1. The molecule has 0 spiro atoms. The summed E-state index contributed by atoms with van der Waals surface area (Å²) in [5.74, 6) is 0.833. The van der Waals surface area contributed by atoms with Gasteiger partial charge in [0.1, 0.15) is 0 Å². The summed E-state index contributed by atoms with van der Waals surface area (Å²) in [4.78, 5) is 2.52. The summed E-state index contributed by atoms with van der Waals surface area (Å²) >= 11 is 6.19. The van der Waals surface area contributed by atoms with Gasteiger partial charge in [-0.05, 0) is 43.0 Å². The van der Waals surface area contributed by atoms with E-state index >= 15 is 0 Å². The summed E-state index contributed by atoms with van der Waals surface area (Å²) in [6.07, 6.45) is 3.95. The number of nitrogens with zero attached hydrogens (tertiary/aromatic N) is 1. The molecule has 1 aliphatic rings. The summed E-state index contributed by atoms with van der Waals surface area (Å²) in [6.45, 7) is 8.71. The van der Waals surface area contributed by atoms with E-state index in [2.05, 4.69) is 36.2 Å². The number of rotatable bonds is 5. The Bertz CT molecular complexity index is 406. The first-order chi connectivity index (χ1) is 9.24. The molecule has 0 aliphatic carbocycles. The molecule has 0 amide bonds. The van der Waals surface area contributed by atoms with E-state index in [1.54, 1.807) is 0 Å². The van der Waals surface area contributed by atoms with Gasteiger partial charge >= 0.3 is 0 Å². The molecule has 1 atom stereocenters. The van der Waals surface area contributed by atoms with Crippen molar-refractivity contribution in [3.8, 4) is 0 Å². The summed E-state index contributed by atoms with van der Waals surface area (Å²) in [5.41, 5.74) is 2.69. The second-order valence-electron chi connectivity index (χ2n) is 5.42. The highest BCUT2D eigenvalue weighted by Gasteiger charge is 2.20. The van der Waals surface area contributed by atoms with Crippen LogP contribution in [-0.2, 0) is 6.54 Å². The number of piperidine rings is 1. The van der Waals surface area contributed by atoms with Crippen LogP contribution in [0.2, 0.25) is 5.02 Å². The smallest absolute Gasteiger partial charge is 0.0426 e. The van der Waals surface area contributed by atoms with Crippen LogP contribution in [0.5, 0.6) is 0 Å². The van der Waals surface area contributed by atoms with Gasteiger partial charge in [0.05, 0.1) is 0 Å². The van der Waals surface area contributed by atoms with E-state index in [0.717, 1.165) is 30.6 Å². The zero-order chi connectivity index (χ0) is 13.7. The third-order valence-electron chi connectivity index (χ3n) is 4.05. The lowest BCUT2D eigenvalue weighted by molar-refractivity contribution is 0.404. The Labute approximate surface area is 122 Å². The molecule has 2 nitrogen and oxygen atoms in total. The number of hydrogen-bond acceptors (Lipinski definition) is 2. The highest BCUT2D eigenvalue weighted by atomic mass is 35.5. The highest BCUT2D eigenvalue weighted by Crippen LogP contribution is 2.30. The molecule has 3 heteroatoms. The molecule has 1 aromatic rings. The summed E-state index contributed by atoms with van der Waals surface area (Å²) in [6, 6.07) is 6.29. The van der Waals surface area contributed by atoms with Crippen LogP contribution in [0, 0.1) is 5.92 Å². The van der Waals surface area contributed by atoms with E-state index in [4.69, 9.17) is 11.6 Å². The van der Waals surface area contributed by atoms with Gasteiger partial charge in [-0.1, -0.05) is 37.9 Å². The van der Waals surface area contributed by atoms with Crippen molar-refractivity contribution in [1.29, 1.82) is 0 Å². The van der Waals surface area contributed by atoms with Gasteiger partial charge in [-0.25, -0.2) is 0 Å². The maximum atomic E-state index is 6.19. The lowest BCUT2D eigenvalue weighted by atomic mass is 9.94. The summed E-state index contributed by atoms with van der Waals surface area (Å²) in [5, 5.41) is 4.26. The molecular weight excluding hydrogens is 256 g/mol. The maximum absolute atomic E-state index is 6.19. The van der Waals surface area contributed by atoms with Crippen molar-refractivity contribution in [3.63, 3.8) is 0 Å². The summed E-state index contributed by atoms with van der Waals surface area (Å²) in [7, 11) is 0. The second-order valence-corrected chi connectivity index (χ2v) is 5.85. The SMILES string of the molecule is CCNCc1ccc(Cl)cc1N1CCCC(CC)C1. The average Bonchev–Trinajstić information content (AvgIpc) is 2.46. The fraction of sp³-hybridized carbons (Fsp3) is 0.625. The number of benzene rings is 1. The molecule has 1 heterocycles.